The third-order valence-corrected chi connectivity index (χ3v) is 5.84. The van der Waals surface area contributed by atoms with Crippen LogP contribution in [0.4, 0.5) is 0 Å². The molecule has 9 heteroatoms. The van der Waals surface area contributed by atoms with E-state index in [1.165, 1.54) is 17.4 Å². The third-order valence-electron chi connectivity index (χ3n) is 5.84. The van der Waals surface area contributed by atoms with Crippen molar-refractivity contribution in [1.82, 2.24) is 23.1 Å². The Kier molecular flexibility index (Phi) is 4.40. The average Bonchev–Trinajstić information content (AvgIpc) is 3.36. The molecule has 0 atom stereocenters. The van der Waals surface area contributed by atoms with Gasteiger partial charge in [-0.05, 0) is 33.6 Å². The molecule has 0 bridgehead atoms. The maximum Gasteiger partial charge on any atom is 0.333 e. The summed E-state index contributed by atoms with van der Waals surface area (Å²) in [7, 11) is 1.57. The Morgan fingerprint density at radius 3 is 2.50 bits per heavy atom. The Labute approximate surface area is 161 Å². The molecule has 0 aliphatic heterocycles. The lowest BCUT2D eigenvalue weighted by Crippen LogP contribution is -2.41. The minimum Gasteiger partial charge on any atom is -0.465 e. The summed E-state index contributed by atoms with van der Waals surface area (Å²) >= 11 is 0. The Morgan fingerprint density at radius 1 is 1.18 bits per heavy atom. The lowest BCUT2D eigenvalue weighted by Gasteiger charge is -2.13. The van der Waals surface area contributed by atoms with E-state index in [1.807, 2.05) is 18.2 Å². The highest BCUT2D eigenvalue weighted by Crippen LogP contribution is 2.34. The molecule has 1 fully saturated rings. The van der Waals surface area contributed by atoms with Gasteiger partial charge in [-0.3, -0.25) is 18.6 Å². The van der Waals surface area contributed by atoms with Gasteiger partial charge in [0.25, 0.3) is 5.56 Å². The molecule has 3 aromatic rings. The van der Waals surface area contributed by atoms with E-state index < -0.39 is 23.8 Å². The van der Waals surface area contributed by atoms with Crippen LogP contribution < -0.4 is 11.2 Å². The molecule has 0 amide bonds. The van der Waals surface area contributed by atoms with Gasteiger partial charge < -0.3 is 9.30 Å². The van der Waals surface area contributed by atoms with Gasteiger partial charge in [-0.25, -0.2) is 9.36 Å². The van der Waals surface area contributed by atoms with Crippen molar-refractivity contribution in [3.8, 4) is 0 Å². The standard InChI is InChI=1S/C19H25N5O4/c1-5-28-14(25)10-22-17(26)15-16(21(4)19(22)27)20-18-23(13-8-6-7-9-13)11(2)12(3)24(15)18/h13H,5-10H2,1-4H3. The fourth-order valence-corrected chi connectivity index (χ4v) is 4.35. The van der Waals surface area contributed by atoms with Crippen LogP contribution in [0.1, 0.15) is 50.0 Å². The van der Waals surface area contributed by atoms with Crippen LogP contribution in [0.15, 0.2) is 9.59 Å². The number of hydrogen-bond acceptors (Lipinski definition) is 5. The summed E-state index contributed by atoms with van der Waals surface area (Å²) in [6, 6.07) is 0.354. The second-order valence-corrected chi connectivity index (χ2v) is 7.44. The lowest BCUT2D eigenvalue weighted by atomic mass is 10.2. The zero-order chi connectivity index (χ0) is 20.2. The maximum absolute atomic E-state index is 13.2. The zero-order valence-electron chi connectivity index (χ0n) is 16.7. The molecule has 1 aliphatic rings. The number of fused-ring (bicyclic) bond motifs is 3. The van der Waals surface area contributed by atoms with Gasteiger partial charge in [-0.15, -0.1) is 0 Å². The summed E-state index contributed by atoms with van der Waals surface area (Å²) in [6.07, 6.45) is 4.52. The number of rotatable bonds is 4. The first-order chi connectivity index (χ1) is 13.4. The number of nitrogens with zero attached hydrogens (tertiary/aromatic N) is 5. The molecule has 9 nitrogen and oxygen atoms in total. The molecule has 1 aliphatic carbocycles. The van der Waals surface area contributed by atoms with Crippen LogP contribution in [-0.2, 0) is 23.1 Å². The van der Waals surface area contributed by atoms with Gasteiger partial charge in [0.2, 0.25) is 5.78 Å². The van der Waals surface area contributed by atoms with Crippen molar-refractivity contribution in [2.75, 3.05) is 6.61 Å². The van der Waals surface area contributed by atoms with E-state index in [2.05, 4.69) is 9.55 Å². The van der Waals surface area contributed by atoms with Gasteiger partial charge in [0.05, 0.1) is 6.61 Å². The summed E-state index contributed by atoms with van der Waals surface area (Å²) in [5, 5.41) is 0. The number of esters is 1. The normalized spacial score (nSPS) is 15.1. The van der Waals surface area contributed by atoms with Crippen LogP contribution in [0.25, 0.3) is 16.9 Å². The maximum atomic E-state index is 13.2. The predicted molar refractivity (Wildman–Crippen MR) is 104 cm³/mol. The number of hydrogen-bond donors (Lipinski definition) is 0. The molecule has 0 aromatic carbocycles. The van der Waals surface area contributed by atoms with Crippen molar-refractivity contribution < 1.29 is 9.53 Å². The molecule has 0 N–H and O–H groups in total. The number of carbonyl (C=O) groups is 1. The summed E-state index contributed by atoms with van der Waals surface area (Å²) < 4.78 is 11.2. The van der Waals surface area contributed by atoms with Crippen LogP contribution in [0.2, 0.25) is 0 Å². The van der Waals surface area contributed by atoms with Crippen LogP contribution >= 0.6 is 0 Å². The first-order valence-corrected chi connectivity index (χ1v) is 9.71. The highest BCUT2D eigenvalue weighted by molar-refractivity contribution is 5.77. The van der Waals surface area contributed by atoms with Crippen molar-refractivity contribution in [2.24, 2.45) is 7.05 Å². The number of aromatic nitrogens is 5. The van der Waals surface area contributed by atoms with E-state index in [0.29, 0.717) is 23.0 Å². The quantitative estimate of drug-likeness (QED) is 0.632. The average molecular weight is 387 g/mol. The number of imidazole rings is 2. The molecule has 28 heavy (non-hydrogen) atoms. The van der Waals surface area contributed by atoms with Gasteiger partial charge in [0, 0.05) is 24.5 Å². The fourth-order valence-electron chi connectivity index (χ4n) is 4.35. The lowest BCUT2D eigenvalue weighted by molar-refractivity contribution is -0.143. The summed E-state index contributed by atoms with van der Waals surface area (Å²) in [5.74, 6) is 0.0659. The molecule has 0 unspecified atom stereocenters. The number of ether oxygens (including phenoxy) is 1. The summed E-state index contributed by atoms with van der Waals surface area (Å²) in [5.41, 5.74) is 1.54. The molecule has 4 rings (SSSR count). The number of aryl methyl sites for hydroxylation is 2. The van der Waals surface area contributed by atoms with E-state index in [-0.39, 0.29) is 6.61 Å². The molecule has 0 spiro atoms. The van der Waals surface area contributed by atoms with E-state index in [1.54, 1.807) is 14.0 Å². The largest absolute Gasteiger partial charge is 0.465 e. The molecular weight excluding hydrogens is 362 g/mol. The van der Waals surface area contributed by atoms with E-state index in [4.69, 9.17) is 4.74 Å². The van der Waals surface area contributed by atoms with Crippen molar-refractivity contribution in [2.45, 2.75) is 59.0 Å². The van der Waals surface area contributed by atoms with Crippen molar-refractivity contribution in [3.05, 3.63) is 32.2 Å². The van der Waals surface area contributed by atoms with Crippen molar-refractivity contribution in [3.63, 3.8) is 0 Å². The molecule has 150 valence electrons. The molecule has 3 heterocycles. The third kappa shape index (κ3) is 2.52. The van der Waals surface area contributed by atoms with Gasteiger partial charge in [-0.1, -0.05) is 12.8 Å². The minimum atomic E-state index is -0.613. The van der Waals surface area contributed by atoms with Gasteiger partial charge in [0.15, 0.2) is 11.2 Å². The first-order valence-electron chi connectivity index (χ1n) is 9.71. The second kappa shape index (κ2) is 6.65. The Morgan fingerprint density at radius 2 is 1.86 bits per heavy atom. The van der Waals surface area contributed by atoms with E-state index in [0.717, 1.165) is 28.8 Å². The first kappa shape index (κ1) is 18.5. The highest BCUT2D eigenvalue weighted by Gasteiger charge is 2.27. The molecular formula is C19H25N5O4. The van der Waals surface area contributed by atoms with Crippen LogP contribution in [-0.4, -0.2) is 35.7 Å². The van der Waals surface area contributed by atoms with Gasteiger partial charge in [0.1, 0.15) is 6.54 Å². The smallest absolute Gasteiger partial charge is 0.333 e. The molecule has 1 saturated carbocycles. The van der Waals surface area contributed by atoms with Crippen molar-refractivity contribution >= 4 is 22.9 Å². The topological polar surface area (TPSA) is 92.5 Å². The van der Waals surface area contributed by atoms with Gasteiger partial charge in [-0.2, -0.15) is 4.98 Å². The summed E-state index contributed by atoms with van der Waals surface area (Å²) in [4.78, 5) is 42.5. The molecule has 0 radical (unpaired) electrons. The monoisotopic (exact) mass is 387 g/mol. The fraction of sp³-hybridized carbons (Fsp3) is 0.579. The van der Waals surface area contributed by atoms with Crippen molar-refractivity contribution in [1.29, 1.82) is 0 Å². The Balaban J connectivity index is 2.04. The van der Waals surface area contributed by atoms with Gasteiger partial charge >= 0.3 is 11.7 Å². The minimum absolute atomic E-state index is 0.190. The van der Waals surface area contributed by atoms with Crippen LogP contribution in [0.3, 0.4) is 0 Å². The molecule has 3 aromatic heterocycles. The van der Waals surface area contributed by atoms with Crippen LogP contribution in [0.5, 0.6) is 0 Å². The second-order valence-electron chi connectivity index (χ2n) is 7.44. The summed E-state index contributed by atoms with van der Waals surface area (Å²) in [6.45, 7) is 5.45. The predicted octanol–water partition coefficient (Wildman–Crippen LogP) is 1.44. The zero-order valence-corrected chi connectivity index (χ0v) is 16.7. The highest BCUT2D eigenvalue weighted by atomic mass is 16.5. The van der Waals surface area contributed by atoms with Crippen LogP contribution in [0, 0.1) is 13.8 Å². The Hall–Kier alpha value is -2.84. The van der Waals surface area contributed by atoms with E-state index >= 15 is 0 Å². The van der Waals surface area contributed by atoms with E-state index in [9.17, 15) is 14.4 Å². The number of carbonyl (C=O) groups excluding carboxylic acids is 1. The Bertz CT molecular complexity index is 1200. The molecule has 0 saturated heterocycles. The SMILES string of the molecule is CCOC(=O)Cn1c(=O)c2c(nc3n(C4CCCC4)c(C)c(C)n23)n(C)c1=O.